The summed E-state index contributed by atoms with van der Waals surface area (Å²) in [7, 11) is 1.62. The predicted molar refractivity (Wildman–Crippen MR) is 65.3 cm³/mol. The molecule has 0 radical (unpaired) electrons. The molecular weight excluding hydrogens is 204 g/mol. The highest BCUT2D eigenvalue weighted by Crippen LogP contribution is 2.03. The molecule has 4 heteroatoms. The van der Waals surface area contributed by atoms with E-state index < -0.39 is 0 Å². The number of Topliss-reactive ketones (excluding diaryl/α,β-unsaturated/α-hetero) is 1. The Hall–Kier alpha value is -0.900. The average molecular weight is 228 g/mol. The van der Waals surface area contributed by atoms with E-state index in [1.165, 1.54) is 0 Å². The molecule has 1 amide bonds. The highest BCUT2D eigenvalue weighted by molar-refractivity contribution is 5.83. The van der Waals surface area contributed by atoms with Gasteiger partial charge in [-0.25, -0.2) is 0 Å². The van der Waals surface area contributed by atoms with Gasteiger partial charge in [0.05, 0.1) is 6.04 Å². The van der Waals surface area contributed by atoms with Crippen LogP contribution in [0, 0.1) is 0 Å². The van der Waals surface area contributed by atoms with Gasteiger partial charge in [-0.05, 0) is 25.8 Å². The SMILES string of the molecule is CCCNC(CCC(=O)CCC)C(=O)NC. The van der Waals surface area contributed by atoms with Gasteiger partial charge < -0.3 is 10.6 Å². The van der Waals surface area contributed by atoms with E-state index >= 15 is 0 Å². The molecule has 0 spiro atoms. The second kappa shape index (κ2) is 9.33. The van der Waals surface area contributed by atoms with Crippen LogP contribution in [0.1, 0.15) is 46.0 Å². The van der Waals surface area contributed by atoms with Crippen molar-refractivity contribution in [3.05, 3.63) is 0 Å². The summed E-state index contributed by atoms with van der Waals surface area (Å²) in [6, 6.07) is -0.231. The molecule has 4 nitrogen and oxygen atoms in total. The number of amides is 1. The fourth-order valence-corrected chi connectivity index (χ4v) is 1.53. The number of rotatable bonds is 9. The molecular formula is C12H24N2O2. The van der Waals surface area contributed by atoms with Crippen molar-refractivity contribution in [2.75, 3.05) is 13.6 Å². The molecule has 0 aromatic heterocycles. The Morgan fingerprint density at radius 3 is 2.31 bits per heavy atom. The van der Waals surface area contributed by atoms with Crippen molar-refractivity contribution in [2.45, 2.75) is 52.0 Å². The molecule has 0 bridgehead atoms. The van der Waals surface area contributed by atoms with Gasteiger partial charge in [0.25, 0.3) is 0 Å². The number of carbonyl (C=O) groups is 2. The highest BCUT2D eigenvalue weighted by Gasteiger charge is 2.16. The fraction of sp³-hybridized carbons (Fsp3) is 0.833. The molecule has 2 N–H and O–H groups in total. The van der Waals surface area contributed by atoms with Gasteiger partial charge >= 0.3 is 0 Å². The van der Waals surface area contributed by atoms with Crippen LogP contribution in [-0.4, -0.2) is 31.3 Å². The molecule has 0 aromatic rings. The number of carbonyl (C=O) groups excluding carboxylic acids is 2. The minimum absolute atomic E-state index is 0.0299. The number of ketones is 1. The zero-order valence-corrected chi connectivity index (χ0v) is 10.6. The third-order valence-electron chi connectivity index (χ3n) is 2.44. The Kier molecular flexibility index (Phi) is 8.81. The quantitative estimate of drug-likeness (QED) is 0.624. The monoisotopic (exact) mass is 228 g/mol. The lowest BCUT2D eigenvalue weighted by molar-refractivity contribution is -0.123. The molecule has 0 fully saturated rings. The lowest BCUT2D eigenvalue weighted by Crippen LogP contribution is -2.43. The van der Waals surface area contributed by atoms with Crippen molar-refractivity contribution in [1.82, 2.24) is 10.6 Å². The van der Waals surface area contributed by atoms with E-state index in [2.05, 4.69) is 17.6 Å². The molecule has 0 aliphatic rings. The molecule has 1 unspecified atom stereocenters. The minimum Gasteiger partial charge on any atom is -0.358 e. The summed E-state index contributed by atoms with van der Waals surface area (Å²) in [6.07, 6.45) is 3.57. The first-order chi connectivity index (χ1) is 7.65. The summed E-state index contributed by atoms with van der Waals surface area (Å²) >= 11 is 0. The van der Waals surface area contributed by atoms with Crippen LogP contribution < -0.4 is 10.6 Å². The summed E-state index contributed by atoms with van der Waals surface area (Å²) < 4.78 is 0. The zero-order chi connectivity index (χ0) is 12.4. The molecule has 0 heterocycles. The second-order valence-corrected chi connectivity index (χ2v) is 3.95. The summed E-state index contributed by atoms with van der Waals surface area (Å²) in [5, 5.41) is 5.77. The predicted octanol–water partition coefficient (Wildman–Crippen LogP) is 1.25. The van der Waals surface area contributed by atoms with Gasteiger partial charge in [-0.1, -0.05) is 13.8 Å². The smallest absolute Gasteiger partial charge is 0.236 e. The van der Waals surface area contributed by atoms with Gasteiger partial charge in [0.1, 0.15) is 5.78 Å². The molecule has 0 aromatic carbocycles. The maximum Gasteiger partial charge on any atom is 0.236 e. The average Bonchev–Trinajstić information content (AvgIpc) is 2.28. The Balaban J connectivity index is 4.00. The minimum atomic E-state index is -0.231. The van der Waals surface area contributed by atoms with Crippen molar-refractivity contribution >= 4 is 11.7 Å². The Labute approximate surface area is 98.2 Å². The first kappa shape index (κ1) is 15.1. The Morgan fingerprint density at radius 2 is 1.81 bits per heavy atom. The Bertz CT molecular complexity index is 217. The van der Waals surface area contributed by atoms with E-state index in [4.69, 9.17) is 0 Å². The van der Waals surface area contributed by atoms with Crippen molar-refractivity contribution in [3.8, 4) is 0 Å². The van der Waals surface area contributed by atoms with E-state index in [0.717, 1.165) is 19.4 Å². The summed E-state index contributed by atoms with van der Waals surface area (Å²) in [5.41, 5.74) is 0. The van der Waals surface area contributed by atoms with Crippen LogP contribution >= 0.6 is 0 Å². The second-order valence-electron chi connectivity index (χ2n) is 3.95. The Morgan fingerprint density at radius 1 is 1.12 bits per heavy atom. The van der Waals surface area contributed by atoms with Crippen molar-refractivity contribution < 1.29 is 9.59 Å². The zero-order valence-electron chi connectivity index (χ0n) is 10.6. The van der Waals surface area contributed by atoms with Crippen molar-refractivity contribution in [3.63, 3.8) is 0 Å². The molecule has 0 rings (SSSR count). The van der Waals surface area contributed by atoms with Crippen LogP contribution in [0.4, 0.5) is 0 Å². The van der Waals surface area contributed by atoms with Gasteiger partial charge in [0.2, 0.25) is 5.91 Å². The van der Waals surface area contributed by atoms with E-state index in [0.29, 0.717) is 19.3 Å². The van der Waals surface area contributed by atoms with E-state index in [9.17, 15) is 9.59 Å². The largest absolute Gasteiger partial charge is 0.358 e. The topological polar surface area (TPSA) is 58.2 Å². The summed E-state index contributed by atoms with van der Waals surface area (Å²) in [5.74, 6) is 0.215. The molecule has 0 saturated heterocycles. The molecule has 94 valence electrons. The molecule has 0 aliphatic heterocycles. The maximum absolute atomic E-state index is 11.5. The highest BCUT2D eigenvalue weighted by atomic mass is 16.2. The standard InChI is InChI=1S/C12H24N2O2/c1-4-6-10(15)7-8-11(12(16)13-3)14-9-5-2/h11,14H,4-9H2,1-3H3,(H,13,16). The molecule has 0 aliphatic carbocycles. The first-order valence-electron chi connectivity index (χ1n) is 6.12. The fourth-order valence-electron chi connectivity index (χ4n) is 1.53. The van der Waals surface area contributed by atoms with E-state index in [1.54, 1.807) is 7.05 Å². The van der Waals surface area contributed by atoms with Crippen LogP contribution in [0.3, 0.4) is 0 Å². The van der Waals surface area contributed by atoms with Gasteiger partial charge in [0.15, 0.2) is 0 Å². The van der Waals surface area contributed by atoms with Gasteiger partial charge in [-0.15, -0.1) is 0 Å². The number of nitrogens with one attached hydrogen (secondary N) is 2. The molecule has 0 saturated carbocycles. The van der Waals surface area contributed by atoms with E-state index in [1.807, 2.05) is 6.92 Å². The number of hydrogen-bond acceptors (Lipinski definition) is 3. The lowest BCUT2D eigenvalue weighted by Gasteiger charge is -2.16. The third kappa shape index (κ3) is 6.56. The summed E-state index contributed by atoms with van der Waals surface area (Å²) in [6.45, 7) is 4.85. The van der Waals surface area contributed by atoms with Crippen LogP contribution in [0.5, 0.6) is 0 Å². The van der Waals surface area contributed by atoms with Crippen LogP contribution in [0.25, 0.3) is 0 Å². The van der Waals surface area contributed by atoms with Crippen molar-refractivity contribution in [2.24, 2.45) is 0 Å². The van der Waals surface area contributed by atoms with Crippen LogP contribution in [0.2, 0.25) is 0 Å². The number of likely N-dealkylation sites (N-methyl/N-ethyl adjacent to an activating group) is 1. The first-order valence-corrected chi connectivity index (χ1v) is 6.12. The number of hydrogen-bond donors (Lipinski definition) is 2. The maximum atomic E-state index is 11.5. The third-order valence-corrected chi connectivity index (χ3v) is 2.44. The van der Waals surface area contributed by atoms with Gasteiger partial charge in [0, 0.05) is 19.9 Å². The van der Waals surface area contributed by atoms with Crippen LogP contribution in [-0.2, 0) is 9.59 Å². The van der Waals surface area contributed by atoms with Gasteiger partial charge in [-0.2, -0.15) is 0 Å². The van der Waals surface area contributed by atoms with Crippen molar-refractivity contribution in [1.29, 1.82) is 0 Å². The lowest BCUT2D eigenvalue weighted by atomic mass is 10.1. The van der Waals surface area contributed by atoms with Gasteiger partial charge in [-0.3, -0.25) is 9.59 Å². The van der Waals surface area contributed by atoms with E-state index in [-0.39, 0.29) is 17.7 Å². The summed E-state index contributed by atoms with van der Waals surface area (Å²) in [4.78, 5) is 22.9. The van der Waals surface area contributed by atoms with Crippen LogP contribution in [0.15, 0.2) is 0 Å². The molecule has 16 heavy (non-hydrogen) atoms. The molecule has 1 atom stereocenters. The normalized spacial score (nSPS) is 12.2.